The molecule has 27 heavy (non-hydrogen) atoms. The predicted octanol–water partition coefficient (Wildman–Crippen LogP) is 5.04. The molecule has 0 unspecified atom stereocenters. The largest absolute Gasteiger partial charge is 0.494 e. The normalized spacial score (nSPS) is 10.3. The van der Waals surface area contributed by atoms with Crippen LogP contribution in [0.1, 0.15) is 29.8 Å². The average molecular weight is 361 g/mol. The summed E-state index contributed by atoms with van der Waals surface area (Å²) in [6.07, 6.45) is 2.43. The van der Waals surface area contributed by atoms with Crippen molar-refractivity contribution in [1.29, 1.82) is 0 Å². The van der Waals surface area contributed by atoms with Gasteiger partial charge < -0.3 is 15.4 Å². The number of ether oxygens (including phenoxy) is 1. The third-order valence-corrected chi connectivity index (χ3v) is 4.11. The summed E-state index contributed by atoms with van der Waals surface area (Å²) in [5.74, 6) is 1.33. The fourth-order valence-electron chi connectivity index (χ4n) is 2.70. The zero-order chi connectivity index (χ0) is 19.1. The predicted molar refractivity (Wildman–Crippen MR) is 109 cm³/mol. The summed E-state index contributed by atoms with van der Waals surface area (Å²) in [6, 6.07) is 19.0. The molecule has 1 aromatic heterocycles. The maximum absolute atomic E-state index is 12.5. The second kappa shape index (κ2) is 8.85. The highest BCUT2D eigenvalue weighted by Gasteiger charge is 2.09. The number of amides is 1. The first-order valence-corrected chi connectivity index (χ1v) is 9.04. The van der Waals surface area contributed by atoms with Gasteiger partial charge in [0, 0.05) is 17.6 Å². The van der Waals surface area contributed by atoms with Crippen molar-refractivity contribution in [3.63, 3.8) is 0 Å². The van der Waals surface area contributed by atoms with Crippen LogP contribution in [0.4, 0.5) is 17.2 Å². The first-order valence-electron chi connectivity index (χ1n) is 9.04. The summed E-state index contributed by atoms with van der Waals surface area (Å²) in [6.45, 7) is 4.66. The molecule has 0 spiro atoms. The smallest absolute Gasteiger partial charge is 0.257 e. The number of hydrogen-bond acceptors (Lipinski definition) is 4. The number of aryl methyl sites for hydroxylation is 1. The number of benzene rings is 2. The van der Waals surface area contributed by atoms with Gasteiger partial charge in [0.1, 0.15) is 11.6 Å². The van der Waals surface area contributed by atoms with Gasteiger partial charge in [-0.1, -0.05) is 25.1 Å². The van der Waals surface area contributed by atoms with Crippen LogP contribution in [0.3, 0.4) is 0 Å². The lowest BCUT2D eigenvalue weighted by molar-refractivity contribution is 0.102. The quantitative estimate of drug-likeness (QED) is 0.619. The maximum atomic E-state index is 12.5. The Balaban J connectivity index is 1.65. The van der Waals surface area contributed by atoms with Gasteiger partial charge in [0.2, 0.25) is 0 Å². The van der Waals surface area contributed by atoms with Gasteiger partial charge in [-0.2, -0.15) is 0 Å². The molecule has 1 amide bonds. The molecule has 0 aliphatic carbocycles. The highest BCUT2D eigenvalue weighted by molar-refractivity contribution is 6.04. The molecule has 0 radical (unpaired) electrons. The van der Waals surface area contributed by atoms with Gasteiger partial charge in [-0.05, 0) is 61.4 Å². The Labute approximate surface area is 159 Å². The van der Waals surface area contributed by atoms with E-state index < -0.39 is 0 Å². The fourth-order valence-corrected chi connectivity index (χ4v) is 2.70. The lowest BCUT2D eigenvalue weighted by Crippen LogP contribution is -2.13. The van der Waals surface area contributed by atoms with Crippen molar-refractivity contribution in [3.8, 4) is 5.75 Å². The number of aromatic nitrogens is 1. The molecule has 0 fully saturated rings. The summed E-state index contributed by atoms with van der Waals surface area (Å²) < 4.78 is 5.43. The summed E-state index contributed by atoms with van der Waals surface area (Å²) in [4.78, 5) is 16.8. The van der Waals surface area contributed by atoms with Gasteiger partial charge in [-0.25, -0.2) is 4.98 Å². The molecular weight excluding hydrogens is 338 g/mol. The van der Waals surface area contributed by atoms with Crippen molar-refractivity contribution in [2.24, 2.45) is 0 Å². The van der Waals surface area contributed by atoms with Crippen molar-refractivity contribution in [2.45, 2.75) is 20.3 Å². The SMILES string of the molecule is CCOc1ccc(Nc2ccc(C(=O)Nc3ccccc3CC)cn2)cc1. The van der Waals surface area contributed by atoms with E-state index in [0.717, 1.165) is 29.1 Å². The number of carbonyl (C=O) groups is 1. The molecule has 3 rings (SSSR count). The number of rotatable bonds is 7. The number of nitrogens with zero attached hydrogens (tertiary/aromatic N) is 1. The van der Waals surface area contributed by atoms with E-state index >= 15 is 0 Å². The maximum Gasteiger partial charge on any atom is 0.257 e. The van der Waals surface area contributed by atoms with Gasteiger partial charge in [-0.3, -0.25) is 4.79 Å². The minimum absolute atomic E-state index is 0.170. The Morgan fingerprint density at radius 2 is 1.78 bits per heavy atom. The molecule has 0 saturated heterocycles. The van der Waals surface area contributed by atoms with E-state index in [4.69, 9.17) is 4.74 Å². The summed E-state index contributed by atoms with van der Waals surface area (Å²) in [5, 5.41) is 6.16. The van der Waals surface area contributed by atoms with Crippen LogP contribution in [0.25, 0.3) is 0 Å². The van der Waals surface area contributed by atoms with Crippen molar-refractivity contribution < 1.29 is 9.53 Å². The molecule has 0 aliphatic heterocycles. The van der Waals surface area contributed by atoms with Gasteiger partial charge in [0.25, 0.3) is 5.91 Å². The van der Waals surface area contributed by atoms with E-state index in [9.17, 15) is 4.79 Å². The van der Waals surface area contributed by atoms with E-state index in [1.807, 2.05) is 55.5 Å². The van der Waals surface area contributed by atoms with Gasteiger partial charge in [0.05, 0.1) is 12.2 Å². The molecule has 5 nitrogen and oxygen atoms in total. The standard InChI is InChI=1S/C22H23N3O2/c1-3-16-7-5-6-8-20(16)25-22(26)17-9-14-21(23-15-17)24-18-10-12-19(13-11-18)27-4-2/h5-15H,3-4H2,1-2H3,(H,23,24)(H,25,26). The molecule has 138 valence electrons. The Bertz CT molecular complexity index is 890. The van der Waals surface area contributed by atoms with Crippen molar-refractivity contribution in [1.82, 2.24) is 4.98 Å². The van der Waals surface area contributed by atoms with Crippen molar-refractivity contribution >= 4 is 23.1 Å². The molecule has 2 aromatic carbocycles. The molecular formula is C22H23N3O2. The first kappa shape index (κ1) is 18.5. The second-order valence-electron chi connectivity index (χ2n) is 5.98. The lowest BCUT2D eigenvalue weighted by atomic mass is 10.1. The van der Waals surface area contributed by atoms with Crippen LogP contribution in [0, 0.1) is 0 Å². The second-order valence-corrected chi connectivity index (χ2v) is 5.98. The highest BCUT2D eigenvalue weighted by atomic mass is 16.5. The molecule has 0 aliphatic rings. The monoisotopic (exact) mass is 361 g/mol. The molecule has 3 aromatic rings. The third-order valence-electron chi connectivity index (χ3n) is 4.11. The Morgan fingerprint density at radius 3 is 2.44 bits per heavy atom. The first-order chi connectivity index (χ1) is 13.2. The average Bonchev–Trinajstić information content (AvgIpc) is 2.70. The molecule has 2 N–H and O–H groups in total. The van der Waals surface area contributed by atoms with Crippen LogP contribution >= 0.6 is 0 Å². The van der Waals surface area contributed by atoms with E-state index in [-0.39, 0.29) is 5.91 Å². The van der Waals surface area contributed by atoms with Crippen LogP contribution < -0.4 is 15.4 Å². The van der Waals surface area contributed by atoms with E-state index in [2.05, 4.69) is 22.5 Å². The summed E-state index contributed by atoms with van der Waals surface area (Å²) in [7, 11) is 0. The van der Waals surface area contributed by atoms with Crippen LogP contribution in [0.2, 0.25) is 0 Å². The highest BCUT2D eigenvalue weighted by Crippen LogP contribution is 2.20. The number of pyridine rings is 1. The molecule has 0 saturated carbocycles. The van der Waals surface area contributed by atoms with Crippen molar-refractivity contribution in [2.75, 3.05) is 17.2 Å². The number of para-hydroxylation sites is 1. The minimum Gasteiger partial charge on any atom is -0.494 e. The van der Waals surface area contributed by atoms with E-state index in [1.165, 1.54) is 0 Å². The zero-order valence-electron chi connectivity index (χ0n) is 15.5. The van der Waals surface area contributed by atoms with Crippen LogP contribution in [-0.2, 0) is 6.42 Å². The van der Waals surface area contributed by atoms with Gasteiger partial charge in [-0.15, -0.1) is 0 Å². The number of anilines is 3. The third kappa shape index (κ3) is 4.85. The lowest BCUT2D eigenvalue weighted by Gasteiger charge is -2.10. The zero-order valence-corrected chi connectivity index (χ0v) is 15.5. The topological polar surface area (TPSA) is 63.2 Å². The van der Waals surface area contributed by atoms with E-state index in [1.54, 1.807) is 18.3 Å². The Hall–Kier alpha value is -3.34. The van der Waals surface area contributed by atoms with Gasteiger partial charge >= 0.3 is 0 Å². The fraction of sp³-hybridized carbons (Fsp3) is 0.182. The van der Waals surface area contributed by atoms with Crippen molar-refractivity contribution in [3.05, 3.63) is 78.0 Å². The van der Waals surface area contributed by atoms with Crippen LogP contribution in [0.15, 0.2) is 66.9 Å². The van der Waals surface area contributed by atoms with Crippen LogP contribution in [0.5, 0.6) is 5.75 Å². The number of hydrogen-bond donors (Lipinski definition) is 2. The summed E-state index contributed by atoms with van der Waals surface area (Å²) in [5.41, 5.74) is 3.35. The number of carbonyl (C=O) groups excluding carboxylic acids is 1. The molecule has 0 atom stereocenters. The molecule has 0 bridgehead atoms. The minimum atomic E-state index is -0.170. The van der Waals surface area contributed by atoms with Gasteiger partial charge in [0.15, 0.2) is 0 Å². The molecule has 5 heteroatoms. The van der Waals surface area contributed by atoms with Crippen LogP contribution in [-0.4, -0.2) is 17.5 Å². The Morgan fingerprint density at radius 1 is 1.00 bits per heavy atom. The molecule has 1 heterocycles. The van der Waals surface area contributed by atoms with E-state index in [0.29, 0.717) is 18.0 Å². The Kier molecular flexibility index (Phi) is 6.05. The number of nitrogens with one attached hydrogen (secondary N) is 2. The summed E-state index contributed by atoms with van der Waals surface area (Å²) >= 11 is 0.